The smallest absolute Gasteiger partial charge is 0.475 e. The van der Waals surface area contributed by atoms with Gasteiger partial charge in [0.15, 0.2) is 0 Å². The van der Waals surface area contributed by atoms with E-state index in [1.807, 2.05) is 0 Å². The highest BCUT2D eigenvalue weighted by atomic mass is 32.1. The van der Waals surface area contributed by atoms with E-state index in [-0.39, 0.29) is 17.4 Å². The highest BCUT2D eigenvalue weighted by Gasteiger charge is 2.41. The van der Waals surface area contributed by atoms with Crippen LogP contribution in [0.5, 0.6) is 0 Å². The summed E-state index contributed by atoms with van der Waals surface area (Å²) in [6.07, 6.45) is -1.22. The first kappa shape index (κ1) is 21.4. The molecule has 1 unspecified atom stereocenters. The number of nitrogens with zero attached hydrogens (tertiary/aromatic N) is 3. The zero-order valence-corrected chi connectivity index (χ0v) is 15.5. The molecule has 2 fully saturated rings. The number of hydrogen-bond acceptors (Lipinski definition) is 7. The molecule has 2 saturated heterocycles. The average molecular weight is 410 g/mol. The van der Waals surface area contributed by atoms with Gasteiger partial charge in [0.2, 0.25) is 11.0 Å². The molecule has 0 aromatic carbocycles. The zero-order chi connectivity index (χ0) is 20.1. The minimum absolute atomic E-state index is 0.00569. The summed E-state index contributed by atoms with van der Waals surface area (Å²) in [5.41, 5.74) is 2.03. The zero-order valence-electron chi connectivity index (χ0n) is 14.7. The summed E-state index contributed by atoms with van der Waals surface area (Å²) >= 11 is 1.59. The number of anilines is 1. The number of hydrogen-bond donors (Lipinski definition) is 2. The van der Waals surface area contributed by atoms with Gasteiger partial charge >= 0.3 is 12.1 Å². The van der Waals surface area contributed by atoms with Gasteiger partial charge in [-0.1, -0.05) is 11.3 Å². The van der Waals surface area contributed by atoms with Gasteiger partial charge in [-0.05, 0) is 31.1 Å². The van der Waals surface area contributed by atoms with Crippen LogP contribution in [0.25, 0.3) is 0 Å². The standard InChI is InChI=1S/C13H20N4O2S.C2HF3O2/c1-14-11(18)10-2-3-13(8-19-10)4-6-17(7-5-13)12-16-15-9-20-12;3-2(4,5)1(6)7/h9-10H,2-8H2,1H3,(H,14,18);(H,6,7). The minimum Gasteiger partial charge on any atom is -0.475 e. The molecule has 0 saturated carbocycles. The largest absolute Gasteiger partial charge is 0.490 e. The third-order valence-corrected chi connectivity index (χ3v) is 5.50. The fourth-order valence-corrected chi connectivity index (χ4v) is 3.72. The molecule has 1 spiro atoms. The fourth-order valence-electron chi connectivity index (χ4n) is 3.11. The van der Waals surface area contributed by atoms with Crippen LogP contribution in [0.2, 0.25) is 0 Å². The van der Waals surface area contributed by atoms with Gasteiger partial charge in [0.1, 0.15) is 11.6 Å². The van der Waals surface area contributed by atoms with Crippen LogP contribution >= 0.6 is 11.3 Å². The Morgan fingerprint density at radius 3 is 2.41 bits per heavy atom. The van der Waals surface area contributed by atoms with Crippen LogP contribution in [-0.2, 0) is 14.3 Å². The molecule has 2 N–H and O–H groups in total. The maximum atomic E-state index is 11.6. The lowest BCUT2D eigenvalue weighted by atomic mass is 9.73. The molecule has 2 aliphatic rings. The second kappa shape index (κ2) is 8.83. The van der Waals surface area contributed by atoms with Gasteiger partial charge in [0.05, 0.1) is 6.61 Å². The van der Waals surface area contributed by atoms with Crippen LogP contribution in [0.3, 0.4) is 0 Å². The predicted octanol–water partition coefficient (Wildman–Crippen LogP) is 1.68. The fraction of sp³-hybridized carbons (Fsp3) is 0.733. The van der Waals surface area contributed by atoms with Gasteiger partial charge in [0, 0.05) is 20.1 Å². The number of aromatic nitrogens is 2. The minimum atomic E-state index is -5.08. The average Bonchev–Trinajstić information content (AvgIpc) is 3.17. The van der Waals surface area contributed by atoms with E-state index in [0.717, 1.165) is 43.9 Å². The first-order valence-electron chi connectivity index (χ1n) is 8.31. The number of nitrogens with one attached hydrogen (secondary N) is 1. The lowest BCUT2D eigenvalue weighted by molar-refractivity contribution is -0.192. The van der Waals surface area contributed by atoms with Crippen LogP contribution in [0.1, 0.15) is 25.7 Å². The molecule has 1 aromatic rings. The first-order chi connectivity index (χ1) is 12.7. The summed E-state index contributed by atoms with van der Waals surface area (Å²) < 4.78 is 37.5. The van der Waals surface area contributed by atoms with Crippen molar-refractivity contribution in [2.24, 2.45) is 5.41 Å². The molecule has 0 radical (unpaired) electrons. The SMILES string of the molecule is CNC(=O)C1CCC2(CCN(c3nncs3)CC2)CO1.O=C(O)C(F)(F)F. The van der Waals surface area contributed by atoms with Gasteiger partial charge in [-0.25, -0.2) is 4.79 Å². The molecule has 152 valence electrons. The van der Waals surface area contributed by atoms with Gasteiger partial charge in [-0.15, -0.1) is 10.2 Å². The van der Waals surface area contributed by atoms with Crippen molar-refractivity contribution in [2.45, 2.75) is 38.0 Å². The van der Waals surface area contributed by atoms with Crippen LogP contribution in [0.15, 0.2) is 5.51 Å². The number of rotatable bonds is 2. The number of amides is 1. The molecule has 1 aromatic heterocycles. The molecule has 3 heterocycles. The summed E-state index contributed by atoms with van der Waals surface area (Å²) in [6.45, 7) is 2.71. The highest BCUT2D eigenvalue weighted by molar-refractivity contribution is 7.13. The summed E-state index contributed by atoms with van der Waals surface area (Å²) in [4.78, 5) is 22.8. The number of alkyl halides is 3. The topological polar surface area (TPSA) is 105 Å². The maximum Gasteiger partial charge on any atom is 0.490 e. The Balaban J connectivity index is 0.000000321. The monoisotopic (exact) mass is 410 g/mol. The van der Waals surface area contributed by atoms with Gasteiger partial charge in [0.25, 0.3) is 0 Å². The van der Waals surface area contributed by atoms with Crippen molar-refractivity contribution < 1.29 is 32.6 Å². The molecule has 27 heavy (non-hydrogen) atoms. The van der Waals surface area contributed by atoms with Gasteiger partial charge in [-0.2, -0.15) is 13.2 Å². The normalized spacial score (nSPS) is 21.9. The Bertz CT molecular complexity index is 624. The molecular weight excluding hydrogens is 389 g/mol. The van der Waals surface area contributed by atoms with E-state index in [0.29, 0.717) is 6.61 Å². The van der Waals surface area contributed by atoms with E-state index >= 15 is 0 Å². The van der Waals surface area contributed by atoms with Crippen LogP contribution in [0, 0.1) is 5.41 Å². The molecule has 12 heteroatoms. The number of carbonyl (C=O) groups excluding carboxylic acids is 1. The van der Waals surface area contributed by atoms with Gasteiger partial charge in [-0.3, -0.25) is 4.79 Å². The Morgan fingerprint density at radius 1 is 1.37 bits per heavy atom. The highest BCUT2D eigenvalue weighted by Crippen LogP contribution is 2.41. The number of aliphatic carboxylic acids is 1. The lowest BCUT2D eigenvalue weighted by Crippen LogP contribution is -2.48. The van der Waals surface area contributed by atoms with Crippen molar-refractivity contribution in [3.05, 3.63) is 5.51 Å². The van der Waals surface area contributed by atoms with Crippen molar-refractivity contribution in [3.63, 3.8) is 0 Å². The summed E-state index contributed by atoms with van der Waals surface area (Å²) in [5, 5.41) is 18.8. The Kier molecular flexibility index (Phi) is 6.98. The number of carbonyl (C=O) groups is 2. The molecule has 3 rings (SSSR count). The van der Waals surface area contributed by atoms with E-state index in [4.69, 9.17) is 14.6 Å². The van der Waals surface area contributed by atoms with E-state index < -0.39 is 12.1 Å². The summed E-state index contributed by atoms with van der Waals surface area (Å²) in [7, 11) is 1.66. The summed E-state index contributed by atoms with van der Waals surface area (Å²) in [6, 6.07) is 0. The second-order valence-electron chi connectivity index (χ2n) is 6.46. The molecule has 2 aliphatic heterocycles. The number of carboxylic acid groups (broad SMARTS) is 1. The third kappa shape index (κ3) is 5.76. The van der Waals surface area contributed by atoms with Crippen molar-refractivity contribution >= 4 is 28.3 Å². The second-order valence-corrected chi connectivity index (χ2v) is 7.28. The Hall–Kier alpha value is -1.95. The van der Waals surface area contributed by atoms with E-state index in [1.165, 1.54) is 0 Å². The van der Waals surface area contributed by atoms with Crippen molar-refractivity contribution in [2.75, 3.05) is 31.6 Å². The quantitative estimate of drug-likeness (QED) is 0.764. The lowest BCUT2D eigenvalue weighted by Gasteiger charge is -2.45. The van der Waals surface area contributed by atoms with E-state index in [1.54, 1.807) is 23.9 Å². The number of piperidine rings is 1. The van der Waals surface area contributed by atoms with E-state index in [9.17, 15) is 18.0 Å². The molecule has 8 nitrogen and oxygen atoms in total. The number of carboxylic acids is 1. The van der Waals surface area contributed by atoms with Crippen LogP contribution < -0.4 is 10.2 Å². The van der Waals surface area contributed by atoms with E-state index in [2.05, 4.69) is 20.4 Å². The number of halogens is 3. The Labute approximate surface area is 157 Å². The van der Waals surface area contributed by atoms with Crippen LogP contribution in [-0.4, -0.2) is 66.2 Å². The first-order valence-corrected chi connectivity index (χ1v) is 9.19. The van der Waals surface area contributed by atoms with Crippen molar-refractivity contribution in [3.8, 4) is 0 Å². The molecular formula is C15H21F3N4O4S. The summed E-state index contributed by atoms with van der Waals surface area (Å²) in [5.74, 6) is -2.75. The number of likely N-dealkylation sites (N-methyl/N-ethyl adjacent to an activating group) is 1. The predicted molar refractivity (Wildman–Crippen MR) is 90.5 cm³/mol. The molecule has 1 atom stereocenters. The van der Waals surface area contributed by atoms with Crippen molar-refractivity contribution in [1.82, 2.24) is 15.5 Å². The maximum absolute atomic E-state index is 11.6. The van der Waals surface area contributed by atoms with Gasteiger partial charge < -0.3 is 20.1 Å². The number of ether oxygens (including phenoxy) is 1. The van der Waals surface area contributed by atoms with Crippen molar-refractivity contribution in [1.29, 1.82) is 0 Å². The Morgan fingerprint density at radius 2 is 2.00 bits per heavy atom. The third-order valence-electron chi connectivity index (χ3n) is 4.75. The molecule has 1 amide bonds. The molecule has 0 bridgehead atoms. The molecule has 0 aliphatic carbocycles. The van der Waals surface area contributed by atoms with Crippen LogP contribution in [0.4, 0.5) is 18.3 Å².